The van der Waals surface area contributed by atoms with Gasteiger partial charge in [0.2, 0.25) is 0 Å². The van der Waals surface area contributed by atoms with E-state index in [1.807, 2.05) is 0 Å². The molecule has 1 fully saturated rings. The van der Waals surface area contributed by atoms with Gasteiger partial charge in [-0.15, -0.1) is 4.52 Å². The Morgan fingerprint density at radius 2 is 1.93 bits per heavy atom. The molecule has 0 spiro atoms. The molecule has 0 bridgehead atoms. The van der Waals surface area contributed by atoms with E-state index in [0.29, 0.717) is 0 Å². The molecule has 162 valence electrons. The summed E-state index contributed by atoms with van der Waals surface area (Å²) >= 11 is 0. The molecule has 1 aromatic heterocycles. The van der Waals surface area contributed by atoms with Crippen LogP contribution >= 0.6 is 8.25 Å². The number of H-pyrrole nitrogens is 1. The molecule has 3 rings (SSSR count). The molecule has 1 aliphatic heterocycles. The average Bonchev–Trinajstić information content (AvgIpc) is 2.95. The van der Waals surface area contributed by atoms with E-state index in [2.05, 4.69) is 4.52 Å². The van der Waals surface area contributed by atoms with E-state index in [1.165, 1.54) is 17.1 Å². The van der Waals surface area contributed by atoms with E-state index in [4.69, 9.17) is 9.26 Å². The molecule has 1 aromatic carbocycles. The largest absolute Gasteiger partial charge is 0.750 e. The van der Waals surface area contributed by atoms with Crippen LogP contribution in [0.2, 0.25) is 0 Å². The first-order chi connectivity index (χ1) is 14.0. The summed E-state index contributed by atoms with van der Waals surface area (Å²) in [6.07, 6.45) is -10.1. The predicted octanol–water partition coefficient (Wildman–Crippen LogP) is 3.23. The normalized spacial score (nSPS) is 24.6. The summed E-state index contributed by atoms with van der Waals surface area (Å²) < 4.78 is 93.8. The quantitative estimate of drug-likeness (QED) is 0.531. The molecule has 4 atom stereocenters. The summed E-state index contributed by atoms with van der Waals surface area (Å²) in [5, 5.41) is 0. The Kier molecular flexibility index (Phi) is 6.06. The molecule has 2 aromatic rings. The second kappa shape index (κ2) is 8.25. The second-order valence-electron chi connectivity index (χ2n) is 6.17. The van der Waals surface area contributed by atoms with Crippen LogP contribution in [-0.2, 0) is 20.0 Å². The lowest BCUT2D eigenvalue weighted by atomic mass is 10.2. The number of hydrogen-bond donors (Lipinski definition) is 1. The van der Waals surface area contributed by atoms with Gasteiger partial charge >= 0.3 is 20.1 Å². The van der Waals surface area contributed by atoms with Gasteiger partial charge in [0.25, 0.3) is 11.4 Å². The number of hydrogen-bond acceptors (Lipinski definition) is 6. The molecule has 1 saturated heterocycles. The highest BCUT2D eigenvalue weighted by atomic mass is 31.1. The van der Waals surface area contributed by atoms with Crippen LogP contribution in [0.4, 0.5) is 22.0 Å². The average molecular weight is 455 g/mol. The van der Waals surface area contributed by atoms with Crippen LogP contribution in [0.15, 0.2) is 46.1 Å². The summed E-state index contributed by atoms with van der Waals surface area (Å²) in [4.78, 5) is 24.6. The van der Waals surface area contributed by atoms with Crippen LogP contribution in [0.5, 0.6) is 5.75 Å². The lowest BCUT2D eigenvalue weighted by Gasteiger charge is -2.20. The van der Waals surface area contributed by atoms with Gasteiger partial charge in [-0.2, -0.15) is 13.2 Å². The highest BCUT2D eigenvalue weighted by Gasteiger charge is 2.54. The van der Waals surface area contributed by atoms with Gasteiger partial charge in [-0.1, -0.05) is 18.2 Å². The van der Waals surface area contributed by atoms with Gasteiger partial charge in [0.1, 0.15) is 11.8 Å². The monoisotopic (exact) mass is 455 g/mol. The molecule has 14 heteroatoms. The van der Waals surface area contributed by atoms with E-state index in [0.717, 1.165) is 0 Å². The topological polar surface area (TPSA) is 99.6 Å². The molecule has 1 N–H and O–H groups in total. The maximum absolute atomic E-state index is 14.8. The molecule has 1 aliphatic rings. The third kappa shape index (κ3) is 4.74. The summed E-state index contributed by atoms with van der Waals surface area (Å²) in [6, 6.07) is 7.65. The third-order valence-electron chi connectivity index (χ3n) is 4.08. The van der Waals surface area contributed by atoms with E-state index < -0.39 is 62.5 Å². The first kappa shape index (κ1) is 22.1. The molecule has 0 aliphatic carbocycles. The minimum atomic E-state index is -5.11. The van der Waals surface area contributed by atoms with Crippen molar-refractivity contribution in [3.05, 3.63) is 62.9 Å². The summed E-state index contributed by atoms with van der Waals surface area (Å²) in [5.41, 5.74) is -4.80. The van der Waals surface area contributed by atoms with Crippen LogP contribution in [-0.4, -0.2) is 28.2 Å². The first-order valence-electron chi connectivity index (χ1n) is 8.26. The van der Waals surface area contributed by atoms with Crippen LogP contribution in [0.3, 0.4) is 0 Å². The van der Waals surface area contributed by atoms with Gasteiger partial charge in [-0.3, -0.25) is 14.3 Å². The molecule has 0 amide bonds. The van der Waals surface area contributed by atoms with Crippen molar-refractivity contribution in [1.29, 1.82) is 0 Å². The maximum atomic E-state index is 14.8. The van der Waals surface area contributed by atoms with Gasteiger partial charge in [0.15, 0.2) is 18.5 Å². The van der Waals surface area contributed by atoms with Crippen molar-refractivity contribution in [2.75, 3.05) is 6.61 Å². The molecule has 0 radical (unpaired) electrons. The summed E-state index contributed by atoms with van der Waals surface area (Å²) in [7, 11) is -2.93. The van der Waals surface area contributed by atoms with Crippen LogP contribution in [0.1, 0.15) is 18.2 Å². The number of ether oxygens (including phenoxy) is 1. The number of rotatable bonds is 6. The van der Waals surface area contributed by atoms with Crippen molar-refractivity contribution in [1.82, 2.24) is 9.55 Å². The number of alkyl halides is 5. The number of para-hydroxylation sites is 1. The Morgan fingerprint density at radius 1 is 1.27 bits per heavy atom. The highest BCUT2D eigenvalue weighted by molar-refractivity contribution is 7.33. The highest BCUT2D eigenvalue weighted by Crippen LogP contribution is 2.42. The summed E-state index contributed by atoms with van der Waals surface area (Å²) in [6.45, 7) is -1.23. The van der Waals surface area contributed by atoms with Crippen LogP contribution in [0.25, 0.3) is 0 Å². The van der Waals surface area contributed by atoms with Gasteiger partial charge in [0, 0.05) is 17.2 Å². The molecule has 30 heavy (non-hydrogen) atoms. The molecule has 1 unspecified atom stereocenters. The fourth-order valence-corrected chi connectivity index (χ4v) is 3.26. The van der Waals surface area contributed by atoms with E-state index in [1.54, 1.807) is 18.2 Å². The van der Waals surface area contributed by atoms with E-state index >= 15 is 0 Å². The van der Waals surface area contributed by atoms with Gasteiger partial charge in [0.05, 0.1) is 0 Å². The molecular weight excluding hydrogens is 442 g/mol. The van der Waals surface area contributed by atoms with Crippen molar-refractivity contribution >= 4 is 8.25 Å². The number of nitrogens with zero attached hydrogens (tertiary/aromatic N) is 1. The lowest BCUT2D eigenvalue weighted by Crippen LogP contribution is -2.38. The Hall–Kier alpha value is -2.63. The summed E-state index contributed by atoms with van der Waals surface area (Å²) in [5.74, 6) is -3.09. The van der Waals surface area contributed by atoms with Crippen molar-refractivity contribution in [3.8, 4) is 5.75 Å². The fraction of sp³-hybridized carbons (Fsp3) is 0.375. The number of aromatic nitrogens is 2. The fourth-order valence-electron chi connectivity index (χ4n) is 2.63. The van der Waals surface area contributed by atoms with Gasteiger partial charge < -0.3 is 4.74 Å². The number of nitrogens with one attached hydrogen (secondary N) is 1. The van der Waals surface area contributed by atoms with Gasteiger partial charge in [-0.05, 0) is 12.1 Å². The SMILES string of the molecule is O=c1[nH]c(=O)n([C@H]2C[C@H](F)[C@@](F)(CO[P+](=O)Oc3ccccc3)O2)cc1C(F)(F)F. The predicted molar refractivity (Wildman–Crippen MR) is 90.4 cm³/mol. The number of halogens is 5. The van der Waals surface area contributed by atoms with Crippen molar-refractivity contribution in [3.63, 3.8) is 0 Å². The Balaban J connectivity index is 1.72. The smallest absolute Gasteiger partial charge is 0.317 e. The molecule has 8 nitrogen and oxygen atoms in total. The number of benzene rings is 1. The molecule has 2 heterocycles. The first-order valence-corrected chi connectivity index (χ1v) is 9.36. The zero-order valence-electron chi connectivity index (χ0n) is 14.8. The number of aromatic amines is 1. The maximum Gasteiger partial charge on any atom is 0.750 e. The Bertz CT molecular complexity index is 1040. The molecular formula is C16H13F5N2O6P+. The van der Waals surface area contributed by atoms with Crippen LogP contribution < -0.4 is 15.8 Å². The minimum absolute atomic E-state index is 0.115. The lowest BCUT2D eigenvalue weighted by molar-refractivity contribution is -0.192. The molecule has 0 saturated carbocycles. The van der Waals surface area contributed by atoms with E-state index in [-0.39, 0.29) is 16.5 Å². The second-order valence-corrected chi connectivity index (χ2v) is 7.06. The minimum Gasteiger partial charge on any atom is -0.317 e. The van der Waals surface area contributed by atoms with Crippen molar-refractivity contribution < 1.29 is 40.3 Å². The van der Waals surface area contributed by atoms with Gasteiger partial charge in [-0.25, -0.2) is 18.1 Å². The van der Waals surface area contributed by atoms with Crippen molar-refractivity contribution in [2.45, 2.75) is 30.9 Å². The van der Waals surface area contributed by atoms with E-state index in [9.17, 15) is 36.1 Å². The third-order valence-corrected chi connectivity index (χ3v) is 4.78. The zero-order chi connectivity index (χ0) is 22.1. The standard InChI is InChI=1S/C16H12F5N2O6P/c17-11-6-12(23-7-10(16(19,20)21)13(24)22-14(23)25)28-15(11,18)8-27-30(26)29-9-4-2-1-3-5-9/h1-5,7,11-12H,6,8H2/p+1/t11-,12+,15+/m0/s1. The Morgan fingerprint density at radius 3 is 2.57 bits per heavy atom. The van der Waals surface area contributed by atoms with Crippen LogP contribution in [0, 0.1) is 0 Å². The Labute approximate surface area is 165 Å². The zero-order valence-corrected chi connectivity index (χ0v) is 15.7. The van der Waals surface area contributed by atoms with Crippen molar-refractivity contribution in [2.24, 2.45) is 0 Å².